The Kier molecular flexibility index (Phi) is 5.73. The van der Waals surface area contributed by atoms with Gasteiger partial charge in [0.25, 0.3) is 5.91 Å². The number of hydrogen-bond donors (Lipinski definition) is 2. The van der Waals surface area contributed by atoms with E-state index in [2.05, 4.69) is 20.6 Å². The van der Waals surface area contributed by atoms with Crippen molar-refractivity contribution in [3.63, 3.8) is 0 Å². The van der Waals surface area contributed by atoms with E-state index in [4.69, 9.17) is 21.1 Å². The zero-order chi connectivity index (χ0) is 19.2. The average molecular weight is 385 g/mol. The summed E-state index contributed by atoms with van der Waals surface area (Å²) in [6.07, 6.45) is 2.88. The van der Waals surface area contributed by atoms with Crippen molar-refractivity contribution >= 4 is 34.8 Å². The summed E-state index contributed by atoms with van der Waals surface area (Å²) in [5.74, 6) is 1.14. The molecule has 1 amide bonds. The molecule has 3 rings (SSSR count). The van der Waals surface area contributed by atoms with E-state index in [0.717, 1.165) is 5.69 Å². The Bertz CT molecular complexity index is 931. The first kappa shape index (κ1) is 18.5. The third-order valence-corrected chi connectivity index (χ3v) is 3.92. The lowest BCUT2D eigenvalue weighted by Gasteiger charge is -2.11. The zero-order valence-electron chi connectivity index (χ0n) is 14.7. The number of anilines is 3. The number of nitrogens with one attached hydrogen (secondary N) is 2. The molecule has 0 atom stereocenters. The van der Waals surface area contributed by atoms with Gasteiger partial charge in [-0.25, -0.2) is 9.97 Å². The molecule has 0 fully saturated rings. The molecule has 0 saturated carbocycles. The van der Waals surface area contributed by atoms with Gasteiger partial charge in [-0.1, -0.05) is 11.6 Å². The highest BCUT2D eigenvalue weighted by Gasteiger charge is 2.12. The van der Waals surface area contributed by atoms with Crippen LogP contribution in [-0.2, 0) is 0 Å². The molecular formula is C19H17ClN4O3. The normalized spacial score (nSPS) is 10.2. The van der Waals surface area contributed by atoms with Gasteiger partial charge in [0.1, 0.15) is 11.5 Å². The Labute approximate surface area is 161 Å². The summed E-state index contributed by atoms with van der Waals surface area (Å²) in [6.45, 7) is 0. The van der Waals surface area contributed by atoms with E-state index in [-0.39, 0.29) is 5.91 Å². The van der Waals surface area contributed by atoms with Crippen LogP contribution in [0.5, 0.6) is 11.5 Å². The number of methoxy groups -OCH3 is 2. The lowest BCUT2D eigenvalue weighted by Crippen LogP contribution is -2.13. The van der Waals surface area contributed by atoms with Crippen LogP contribution in [-0.4, -0.2) is 30.1 Å². The van der Waals surface area contributed by atoms with Crippen molar-refractivity contribution in [3.8, 4) is 11.5 Å². The van der Waals surface area contributed by atoms with Gasteiger partial charge >= 0.3 is 0 Å². The number of benzene rings is 2. The molecule has 0 saturated heterocycles. The smallest absolute Gasteiger partial charge is 0.258 e. The van der Waals surface area contributed by atoms with E-state index in [0.29, 0.717) is 33.7 Å². The molecule has 2 N–H and O–H groups in total. The largest absolute Gasteiger partial charge is 0.497 e. The first-order valence-electron chi connectivity index (χ1n) is 7.97. The maximum Gasteiger partial charge on any atom is 0.258 e. The van der Waals surface area contributed by atoms with E-state index in [9.17, 15) is 4.79 Å². The maximum atomic E-state index is 12.4. The number of carbonyl (C=O) groups is 1. The van der Waals surface area contributed by atoms with Crippen molar-refractivity contribution in [1.29, 1.82) is 0 Å². The van der Waals surface area contributed by atoms with Crippen molar-refractivity contribution in [2.24, 2.45) is 0 Å². The summed E-state index contributed by atoms with van der Waals surface area (Å²) in [6, 6.07) is 12.2. The predicted octanol–water partition coefficient (Wildman–Crippen LogP) is 4.14. The number of carbonyl (C=O) groups excluding carboxylic acids is 1. The van der Waals surface area contributed by atoms with Gasteiger partial charge in [0, 0.05) is 29.2 Å². The molecule has 138 valence electrons. The maximum absolute atomic E-state index is 12.4. The summed E-state index contributed by atoms with van der Waals surface area (Å²) in [4.78, 5) is 20.8. The van der Waals surface area contributed by atoms with Gasteiger partial charge in [0.05, 0.1) is 25.5 Å². The summed E-state index contributed by atoms with van der Waals surface area (Å²) < 4.78 is 10.4. The SMILES string of the molecule is COc1ccc(NC(=O)c2cnc(Nc3ccc(Cl)cc3)nc2)c(OC)c1. The minimum Gasteiger partial charge on any atom is -0.497 e. The van der Waals surface area contributed by atoms with E-state index >= 15 is 0 Å². The fourth-order valence-electron chi connectivity index (χ4n) is 2.27. The van der Waals surface area contributed by atoms with Crippen LogP contribution in [0, 0.1) is 0 Å². The fourth-order valence-corrected chi connectivity index (χ4v) is 2.39. The molecule has 1 heterocycles. The minimum absolute atomic E-state index is 0.314. The molecule has 2 aromatic carbocycles. The van der Waals surface area contributed by atoms with Crippen LogP contribution in [0.15, 0.2) is 54.9 Å². The van der Waals surface area contributed by atoms with Gasteiger partial charge < -0.3 is 20.1 Å². The van der Waals surface area contributed by atoms with Crippen LogP contribution in [0.2, 0.25) is 5.02 Å². The van der Waals surface area contributed by atoms with Crippen molar-refractivity contribution in [2.75, 3.05) is 24.9 Å². The molecule has 7 nitrogen and oxygen atoms in total. The number of ether oxygens (including phenoxy) is 2. The van der Waals surface area contributed by atoms with Crippen LogP contribution < -0.4 is 20.1 Å². The molecular weight excluding hydrogens is 368 g/mol. The molecule has 0 aliphatic rings. The van der Waals surface area contributed by atoms with Crippen LogP contribution in [0.4, 0.5) is 17.3 Å². The van der Waals surface area contributed by atoms with E-state index in [1.807, 2.05) is 12.1 Å². The lowest BCUT2D eigenvalue weighted by molar-refractivity contribution is 0.102. The van der Waals surface area contributed by atoms with Crippen LogP contribution in [0.3, 0.4) is 0 Å². The Balaban J connectivity index is 1.69. The monoisotopic (exact) mass is 384 g/mol. The molecule has 27 heavy (non-hydrogen) atoms. The number of hydrogen-bond acceptors (Lipinski definition) is 6. The average Bonchev–Trinajstić information content (AvgIpc) is 2.70. The molecule has 0 bridgehead atoms. The second kappa shape index (κ2) is 8.37. The number of amides is 1. The fraction of sp³-hybridized carbons (Fsp3) is 0.105. The van der Waals surface area contributed by atoms with Gasteiger partial charge in [-0.15, -0.1) is 0 Å². The van der Waals surface area contributed by atoms with Gasteiger partial charge in [-0.05, 0) is 36.4 Å². The Morgan fingerprint density at radius 1 is 1.00 bits per heavy atom. The number of nitrogens with zero attached hydrogens (tertiary/aromatic N) is 2. The number of halogens is 1. The zero-order valence-corrected chi connectivity index (χ0v) is 15.4. The van der Waals surface area contributed by atoms with Crippen LogP contribution in [0.25, 0.3) is 0 Å². The summed E-state index contributed by atoms with van der Waals surface area (Å²) >= 11 is 5.86. The van der Waals surface area contributed by atoms with Gasteiger partial charge in [-0.2, -0.15) is 0 Å². The molecule has 0 spiro atoms. The molecule has 0 radical (unpaired) electrons. The molecule has 1 aromatic heterocycles. The lowest BCUT2D eigenvalue weighted by atomic mass is 10.2. The van der Waals surface area contributed by atoms with Crippen molar-refractivity contribution in [2.45, 2.75) is 0 Å². The molecule has 8 heteroatoms. The quantitative estimate of drug-likeness (QED) is 0.664. The molecule has 0 aliphatic carbocycles. The summed E-state index contributed by atoms with van der Waals surface area (Å²) in [7, 11) is 3.08. The first-order chi connectivity index (χ1) is 13.1. The Morgan fingerprint density at radius 3 is 2.33 bits per heavy atom. The van der Waals surface area contributed by atoms with Gasteiger partial charge in [-0.3, -0.25) is 4.79 Å². The second-order valence-corrected chi connectivity index (χ2v) is 5.88. The standard InChI is InChI=1S/C19H17ClN4O3/c1-26-15-7-8-16(17(9-15)27-2)24-18(25)12-10-21-19(22-11-12)23-14-5-3-13(20)4-6-14/h3-11H,1-2H3,(H,24,25)(H,21,22,23). The number of aromatic nitrogens is 2. The molecule has 0 unspecified atom stereocenters. The van der Waals surface area contributed by atoms with E-state index in [1.54, 1.807) is 37.4 Å². The topological polar surface area (TPSA) is 85.4 Å². The van der Waals surface area contributed by atoms with E-state index < -0.39 is 0 Å². The highest BCUT2D eigenvalue weighted by molar-refractivity contribution is 6.30. The number of rotatable bonds is 6. The van der Waals surface area contributed by atoms with Gasteiger partial charge in [0.15, 0.2) is 0 Å². The van der Waals surface area contributed by atoms with Crippen molar-refractivity contribution in [1.82, 2.24) is 9.97 Å². The summed E-state index contributed by atoms with van der Waals surface area (Å²) in [5, 5.41) is 6.44. The van der Waals surface area contributed by atoms with Crippen molar-refractivity contribution < 1.29 is 14.3 Å². The van der Waals surface area contributed by atoms with Crippen molar-refractivity contribution in [3.05, 3.63) is 65.4 Å². The Hall–Kier alpha value is -3.32. The van der Waals surface area contributed by atoms with Crippen LogP contribution in [0.1, 0.15) is 10.4 Å². The third-order valence-electron chi connectivity index (χ3n) is 3.67. The highest BCUT2D eigenvalue weighted by Crippen LogP contribution is 2.29. The summed E-state index contributed by atoms with van der Waals surface area (Å²) in [5.41, 5.74) is 1.63. The Morgan fingerprint density at radius 2 is 1.70 bits per heavy atom. The molecule has 3 aromatic rings. The predicted molar refractivity (Wildman–Crippen MR) is 104 cm³/mol. The third kappa shape index (κ3) is 4.65. The second-order valence-electron chi connectivity index (χ2n) is 5.45. The highest BCUT2D eigenvalue weighted by atomic mass is 35.5. The van der Waals surface area contributed by atoms with Gasteiger partial charge in [0.2, 0.25) is 5.95 Å². The molecule has 0 aliphatic heterocycles. The first-order valence-corrected chi connectivity index (χ1v) is 8.35. The minimum atomic E-state index is -0.350. The van der Waals surface area contributed by atoms with E-state index in [1.165, 1.54) is 19.5 Å². The van der Waals surface area contributed by atoms with Crippen LogP contribution >= 0.6 is 11.6 Å².